The van der Waals surface area contributed by atoms with E-state index in [9.17, 15) is 9.70 Å². The van der Waals surface area contributed by atoms with Crippen LogP contribution in [0, 0.1) is 10.8 Å². The first-order valence-corrected chi connectivity index (χ1v) is 9.56. The number of ether oxygens (including phenoxy) is 1. The summed E-state index contributed by atoms with van der Waals surface area (Å²) in [5.41, 5.74) is 6.11. The number of nitroso groups, excluding NO2 is 1. The molecule has 0 aliphatic carbocycles. The van der Waals surface area contributed by atoms with Gasteiger partial charge in [0.1, 0.15) is 29.1 Å². The third kappa shape index (κ3) is 6.50. The maximum atomic E-state index is 12.9. The Hall–Kier alpha value is -1.56. The Bertz CT molecular complexity index is 672. The van der Waals surface area contributed by atoms with Gasteiger partial charge in [-0.2, -0.15) is 0 Å². The minimum Gasteiger partial charge on any atom is -0.490 e. The van der Waals surface area contributed by atoms with E-state index < -0.39 is 24.2 Å². The molecule has 5 N–H and O–H groups in total. The number of aromatic nitrogens is 1. The summed E-state index contributed by atoms with van der Waals surface area (Å²) >= 11 is 12.0. The summed E-state index contributed by atoms with van der Waals surface area (Å²) in [5.74, 6) is -1.11. The molecule has 1 amide bonds. The molecule has 1 fully saturated rings. The van der Waals surface area contributed by atoms with E-state index in [2.05, 4.69) is 26.1 Å². The van der Waals surface area contributed by atoms with E-state index in [1.165, 1.54) is 12.3 Å². The zero-order chi connectivity index (χ0) is 20.7. The molecule has 0 bridgehead atoms. The number of nitrogens with one attached hydrogen (secondary N) is 3. The summed E-state index contributed by atoms with van der Waals surface area (Å²) in [6.07, 6.45) is -0.421. The minimum atomic E-state index is -1.25. The highest BCUT2D eigenvalue weighted by molar-refractivity contribution is 6.29. The van der Waals surface area contributed by atoms with Crippen LogP contribution in [0.2, 0.25) is 5.15 Å². The molecule has 0 saturated carbocycles. The van der Waals surface area contributed by atoms with Gasteiger partial charge in [-0.3, -0.25) is 15.4 Å². The van der Waals surface area contributed by atoms with Gasteiger partial charge in [0, 0.05) is 25.7 Å². The number of alkyl halides is 1. The molecule has 28 heavy (non-hydrogen) atoms. The third-order valence-corrected chi connectivity index (χ3v) is 4.67. The van der Waals surface area contributed by atoms with E-state index in [0.717, 1.165) is 0 Å². The van der Waals surface area contributed by atoms with Crippen molar-refractivity contribution in [3.8, 4) is 5.75 Å². The third-order valence-electron chi connectivity index (χ3n) is 4.16. The van der Waals surface area contributed by atoms with Gasteiger partial charge in [0.15, 0.2) is 6.17 Å². The monoisotopic (exact) mass is 433 g/mol. The maximum Gasteiger partial charge on any atom is 0.234 e. The van der Waals surface area contributed by atoms with Crippen LogP contribution in [-0.2, 0) is 4.79 Å². The molecule has 0 spiro atoms. The van der Waals surface area contributed by atoms with Gasteiger partial charge in [0.2, 0.25) is 5.91 Å². The molecular weight excluding hydrogens is 409 g/mol. The van der Waals surface area contributed by atoms with Crippen molar-refractivity contribution >= 4 is 34.8 Å². The van der Waals surface area contributed by atoms with Crippen LogP contribution in [0.4, 0.5) is 5.69 Å². The standard InChI is InChI=1S/C16H25Cl2N7O3/c1-25(2)3-4-28-11-5-12(18)20-8-10(11)23-16(26)13(14(19)24-27)15-21-6-9(17)7-22-15/h5,8-9,13-15,21-22H,3-4,6-7,19H2,1-2H3,(H,23,26). The molecular formula is C16H25Cl2N7O3. The van der Waals surface area contributed by atoms with Crippen LogP contribution in [-0.4, -0.2) is 73.8 Å². The van der Waals surface area contributed by atoms with Crippen LogP contribution in [0.3, 0.4) is 0 Å². The number of nitrogens with zero attached hydrogens (tertiary/aromatic N) is 3. The summed E-state index contributed by atoms with van der Waals surface area (Å²) in [5, 5.41) is 11.8. The fourth-order valence-corrected chi connectivity index (χ4v) is 2.98. The summed E-state index contributed by atoms with van der Waals surface area (Å²) < 4.78 is 5.71. The second-order valence-corrected chi connectivity index (χ2v) is 7.66. The Morgan fingerprint density at radius 1 is 1.50 bits per heavy atom. The van der Waals surface area contributed by atoms with Crippen molar-refractivity contribution in [1.82, 2.24) is 20.5 Å². The number of carbonyl (C=O) groups is 1. The molecule has 0 radical (unpaired) electrons. The first-order chi connectivity index (χ1) is 13.3. The fraction of sp³-hybridized carbons (Fsp3) is 0.625. The minimum absolute atomic E-state index is 0.127. The normalized spacial score (nSPS) is 21.8. The molecule has 12 heteroatoms. The van der Waals surface area contributed by atoms with Crippen molar-refractivity contribution in [3.63, 3.8) is 0 Å². The van der Waals surface area contributed by atoms with Crippen LogP contribution in [0.15, 0.2) is 17.4 Å². The average molecular weight is 434 g/mol. The summed E-state index contributed by atoms with van der Waals surface area (Å²) in [6, 6.07) is 1.51. The Labute approximate surface area is 173 Å². The first-order valence-electron chi connectivity index (χ1n) is 8.74. The van der Waals surface area contributed by atoms with Gasteiger partial charge in [-0.1, -0.05) is 16.8 Å². The van der Waals surface area contributed by atoms with Crippen molar-refractivity contribution < 1.29 is 9.53 Å². The molecule has 1 aliphatic rings. The van der Waals surface area contributed by atoms with Crippen LogP contribution in [0.5, 0.6) is 5.75 Å². The topological polar surface area (TPSA) is 134 Å². The van der Waals surface area contributed by atoms with E-state index in [1.807, 2.05) is 19.0 Å². The van der Waals surface area contributed by atoms with E-state index >= 15 is 0 Å². The number of rotatable bonds is 9. The summed E-state index contributed by atoms with van der Waals surface area (Å²) in [6.45, 7) is 2.00. The quantitative estimate of drug-likeness (QED) is 0.250. The lowest BCUT2D eigenvalue weighted by Crippen LogP contribution is -2.62. The fourth-order valence-electron chi connectivity index (χ4n) is 2.66. The van der Waals surface area contributed by atoms with Gasteiger partial charge < -0.3 is 20.7 Å². The zero-order valence-electron chi connectivity index (χ0n) is 15.7. The number of likely N-dealkylation sites (N-methyl/N-ethyl adjacent to an activating group) is 1. The molecule has 2 atom stereocenters. The van der Waals surface area contributed by atoms with Crippen LogP contribution < -0.4 is 26.4 Å². The lowest BCUT2D eigenvalue weighted by molar-refractivity contribution is -0.121. The van der Waals surface area contributed by atoms with Crippen molar-refractivity contribution in [2.24, 2.45) is 16.8 Å². The van der Waals surface area contributed by atoms with Crippen molar-refractivity contribution in [2.75, 3.05) is 45.7 Å². The van der Waals surface area contributed by atoms with Crippen LogP contribution >= 0.6 is 23.2 Å². The first kappa shape index (κ1) is 22.7. The summed E-state index contributed by atoms with van der Waals surface area (Å²) in [4.78, 5) is 29.8. The van der Waals surface area contributed by atoms with Gasteiger partial charge in [0.05, 0.1) is 17.7 Å². The molecule has 10 nitrogen and oxygen atoms in total. The Kier molecular flexibility index (Phi) is 8.80. The van der Waals surface area contributed by atoms with Gasteiger partial charge in [-0.15, -0.1) is 16.5 Å². The molecule has 156 valence electrons. The van der Waals surface area contributed by atoms with Gasteiger partial charge in [-0.25, -0.2) is 4.98 Å². The van der Waals surface area contributed by atoms with Gasteiger partial charge >= 0.3 is 0 Å². The molecule has 1 aromatic rings. The molecule has 2 unspecified atom stereocenters. The van der Waals surface area contributed by atoms with Crippen molar-refractivity contribution in [2.45, 2.75) is 17.7 Å². The molecule has 2 rings (SSSR count). The zero-order valence-corrected chi connectivity index (χ0v) is 17.2. The number of anilines is 1. The van der Waals surface area contributed by atoms with Crippen molar-refractivity contribution in [1.29, 1.82) is 0 Å². The second kappa shape index (κ2) is 10.8. The number of nitrogens with two attached hydrogens (primary N) is 1. The lowest BCUT2D eigenvalue weighted by Gasteiger charge is -2.34. The summed E-state index contributed by atoms with van der Waals surface area (Å²) in [7, 11) is 3.83. The lowest BCUT2D eigenvalue weighted by atomic mass is 10.00. The predicted octanol–water partition coefficient (Wildman–Crippen LogP) is 0.408. The van der Waals surface area contributed by atoms with E-state index in [-0.39, 0.29) is 10.5 Å². The number of amides is 1. The highest BCUT2D eigenvalue weighted by atomic mass is 35.5. The molecule has 0 aromatic carbocycles. The second-order valence-electron chi connectivity index (χ2n) is 6.66. The van der Waals surface area contributed by atoms with Crippen molar-refractivity contribution in [3.05, 3.63) is 22.3 Å². The number of carbonyl (C=O) groups excluding carboxylic acids is 1. The smallest absolute Gasteiger partial charge is 0.234 e. The number of halogens is 2. The van der Waals surface area contributed by atoms with Gasteiger partial charge in [0.25, 0.3) is 0 Å². The SMILES string of the molecule is CN(C)CCOc1cc(Cl)ncc1NC(=O)C(C(N)N=O)C1NCC(Cl)CN1. The van der Waals surface area contributed by atoms with Gasteiger partial charge in [-0.05, 0) is 14.1 Å². The Balaban J connectivity index is 2.14. The highest BCUT2D eigenvalue weighted by Crippen LogP contribution is 2.27. The predicted molar refractivity (Wildman–Crippen MR) is 109 cm³/mol. The number of hydrogen-bond acceptors (Lipinski definition) is 9. The number of pyridine rings is 1. The average Bonchev–Trinajstić information content (AvgIpc) is 2.65. The van der Waals surface area contributed by atoms with E-state index in [1.54, 1.807) is 0 Å². The Morgan fingerprint density at radius 2 is 2.18 bits per heavy atom. The molecule has 2 heterocycles. The largest absolute Gasteiger partial charge is 0.490 e. The Morgan fingerprint density at radius 3 is 2.79 bits per heavy atom. The number of hydrogen-bond donors (Lipinski definition) is 4. The van der Waals surface area contributed by atoms with Crippen LogP contribution in [0.1, 0.15) is 0 Å². The molecule has 1 aliphatic heterocycles. The molecule has 1 aromatic heterocycles. The van der Waals surface area contributed by atoms with E-state index in [4.69, 9.17) is 33.7 Å². The van der Waals surface area contributed by atoms with Crippen LogP contribution in [0.25, 0.3) is 0 Å². The maximum absolute atomic E-state index is 12.9. The highest BCUT2D eigenvalue weighted by Gasteiger charge is 2.37. The van der Waals surface area contributed by atoms with E-state index in [0.29, 0.717) is 37.7 Å². The molecule has 1 saturated heterocycles.